The Hall–Kier alpha value is -3.59. The maximum absolute atomic E-state index is 13.1. The first-order valence-electron chi connectivity index (χ1n) is 9.63. The van der Waals surface area contributed by atoms with Gasteiger partial charge in [0.2, 0.25) is 11.7 Å². The van der Waals surface area contributed by atoms with E-state index in [1.165, 1.54) is 9.91 Å². The van der Waals surface area contributed by atoms with Crippen molar-refractivity contribution in [1.29, 1.82) is 0 Å². The molecule has 1 saturated heterocycles. The molecule has 0 radical (unpaired) electrons. The van der Waals surface area contributed by atoms with Crippen molar-refractivity contribution >= 4 is 29.1 Å². The molecule has 2 amide bonds. The predicted octanol–water partition coefficient (Wildman–Crippen LogP) is 3.50. The van der Waals surface area contributed by atoms with E-state index in [1.807, 2.05) is 32.0 Å². The quantitative estimate of drug-likeness (QED) is 0.580. The SMILES string of the molecule is Cc1ccc(N2C(=O)[C@H]3N=NN(Cc4nc(-c5cccc(Cl)c5)no4)[C@@H]3C2=O)cc1C. The van der Waals surface area contributed by atoms with Gasteiger partial charge in [-0.05, 0) is 49.2 Å². The van der Waals surface area contributed by atoms with Crippen LogP contribution in [0.1, 0.15) is 17.0 Å². The number of imide groups is 1. The molecule has 0 N–H and O–H groups in total. The molecule has 2 aromatic carbocycles. The van der Waals surface area contributed by atoms with Crippen LogP contribution in [0.15, 0.2) is 57.3 Å². The normalized spacial score (nSPS) is 20.1. The minimum atomic E-state index is -0.885. The van der Waals surface area contributed by atoms with E-state index in [0.717, 1.165) is 11.1 Å². The fraction of sp³-hybridized carbons (Fsp3) is 0.238. The predicted molar refractivity (Wildman–Crippen MR) is 111 cm³/mol. The van der Waals surface area contributed by atoms with Crippen LogP contribution in [-0.2, 0) is 16.1 Å². The van der Waals surface area contributed by atoms with Crippen molar-refractivity contribution in [3.8, 4) is 11.4 Å². The molecule has 3 aromatic rings. The summed E-state index contributed by atoms with van der Waals surface area (Å²) in [7, 11) is 0. The lowest BCUT2D eigenvalue weighted by molar-refractivity contribution is -0.123. The summed E-state index contributed by atoms with van der Waals surface area (Å²) in [5.41, 5.74) is 3.31. The Morgan fingerprint density at radius 2 is 1.90 bits per heavy atom. The summed E-state index contributed by atoms with van der Waals surface area (Å²) in [6.07, 6.45) is 0. The van der Waals surface area contributed by atoms with Gasteiger partial charge in [0.1, 0.15) is 6.54 Å². The third-order valence-corrected chi connectivity index (χ3v) is 5.69. The number of carbonyl (C=O) groups excluding carboxylic acids is 2. The Bertz CT molecular complexity index is 1240. The third-order valence-electron chi connectivity index (χ3n) is 5.45. The highest BCUT2D eigenvalue weighted by Gasteiger charge is 2.55. The standard InChI is InChI=1S/C21H17ClN6O3/c1-11-6-7-15(8-12(11)2)28-20(29)17-18(21(28)30)27(26-24-17)10-16-23-19(25-31-16)13-4-3-5-14(22)9-13/h3-9,17-18H,10H2,1-2H3/t17-,18-/m0/s1. The number of anilines is 1. The minimum absolute atomic E-state index is 0.0536. The molecule has 2 aliphatic rings. The number of carbonyl (C=O) groups is 2. The molecule has 0 bridgehead atoms. The van der Waals surface area contributed by atoms with Gasteiger partial charge in [-0.1, -0.05) is 40.2 Å². The van der Waals surface area contributed by atoms with E-state index in [4.69, 9.17) is 16.1 Å². The number of hydrogen-bond acceptors (Lipinski definition) is 8. The maximum atomic E-state index is 13.1. The lowest BCUT2D eigenvalue weighted by Gasteiger charge is -2.19. The monoisotopic (exact) mass is 436 g/mol. The van der Waals surface area contributed by atoms with Gasteiger partial charge in [0.05, 0.1) is 5.69 Å². The molecule has 156 valence electrons. The number of amides is 2. The Kier molecular flexibility index (Phi) is 4.55. The number of halogens is 1. The zero-order chi connectivity index (χ0) is 21.7. The summed E-state index contributed by atoms with van der Waals surface area (Å²) in [6, 6.07) is 10.8. The largest absolute Gasteiger partial charge is 0.337 e. The lowest BCUT2D eigenvalue weighted by Crippen LogP contribution is -2.39. The summed E-state index contributed by atoms with van der Waals surface area (Å²) in [5, 5.41) is 14.0. The van der Waals surface area contributed by atoms with Crippen molar-refractivity contribution in [3.05, 3.63) is 64.5 Å². The highest BCUT2D eigenvalue weighted by Crippen LogP contribution is 2.33. The van der Waals surface area contributed by atoms with E-state index < -0.39 is 18.0 Å². The highest BCUT2D eigenvalue weighted by molar-refractivity contribution is 6.30. The van der Waals surface area contributed by atoms with Crippen LogP contribution in [-0.4, -0.2) is 39.0 Å². The van der Waals surface area contributed by atoms with Gasteiger partial charge in [0, 0.05) is 10.6 Å². The van der Waals surface area contributed by atoms with Crippen molar-refractivity contribution in [2.45, 2.75) is 32.5 Å². The smallest absolute Gasteiger partial charge is 0.263 e. The molecule has 2 aliphatic heterocycles. The molecule has 3 heterocycles. The summed E-state index contributed by atoms with van der Waals surface area (Å²) in [6.45, 7) is 3.96. The van der Waals surface area contributed by atoms with E-state index in [9.17, 15) is 9.59 Å². The van der Waals surface area contributed by atoms with Gasteiger partial charge >= 0.3 is 0 Å². The molecule has 0 unspecified atom stereocenters. The fourth-order valence-electron chi connectivity index (χ4n) is 3.68. The van der Waals surface area contributed by atoms with Gasteiger partial charge in [0.25, 0.3) is 11.8 Å². The van der Waals surface area contributed by atoms with Crippen LogP contribution in [0.4, 0.5) is 5.69 Å². The highest BCUT2D eigenvalue weighted by atomic mass is 35.5. The van der Waals surface area contributed by atoms with Crippen molar-refractivity contribution in [2.75, 3.05) is 4.90 Å². The number of aromatic nitrogens is 2. The van der Waals surface area contributed by atoms with Crippen LogP contribution in [0.25, 0.3) is 11.4 Å². The zero-order valence-electron chi connectivity index (χ0n) is 16.7. The van der Waals surface area contributed by atoms with Crippen molar-refractivity contribution in [3.63, 3.8) is 0 Å². The number of benzene rings is 2. The van der Waals surface area contributed by atoms with Gasteiger partial charge in [-0.15, -0.1) is 0 Å². The van der Waals surface area contributed by atoms with E-state index in [1.54, 1.807) is 24.3 Å². The summed E-state index contributed by atoms with van der Waals surface area (Å²) < 4.78 is 5.31. The Labute approximate surface area is 182 Å². The van der Waals surface area contributed by atoms with E-state index in [2.05, 4.69) is 20.5 Å². The van der Waals surface area contributed by atoms with E-state index >= 15 is 0 Å². The van der Waals surface area contributed by atoms with Crippen LogP contribution in [0.3, 0.4) is 0 Å². The molecule has 9 nitrogen and oxygen atoms in total. The molecule has 5 rings (SSSR count). The second-order valence-electron chi connectivity index (χ2n) is 7.49. The molecule has 0 saturated carbocycles. The molecule has 2 atom stereocenters. The number of nitrogens with zero attached hydrogens (tertiary/aromatic N) is 6. The van der Waals surface area contributed by atoms with Crippen molar-refractivity contribution in [1.82, 2.24) is 15.1 Å². The minimum Gasteiger partial charge on any atom is -0.337 e. The molecule has 31 heavy (non-hydrogen) atoms. The second-order valence-corrected chi connectivity index (χ2v) is 7.93. The summed E-state index contributed by atoms with van der Waals surface area (Å²) in [5.74, 6) is -0.150. The van der Waals surface area contributed by atoms with Gasteiger partial charge < -0.3 is 4.52 Å². The average molecular weight is 437 g/mol. The molecule has 0 aliphatic carbocycles. The molecule has 0 spiro atoms. The first-order chi connectivity index (χ1) is 14.9. The van der Waals surface area contributed by atoms with Crippen LogP contribution in [0.5, 0.6) is 0 Å². The number of fused-ring (bicyclic) bond motifs is 1. The van der Waals surface area contributed by atoms with Crippen molar-refractivity contribution in [2.24, 2.45) is 10.3 Å². The van der Waals surface area contributed by atoms with Crippen molar-refractivity contribution < 1.29 is 14.1 Å². The first kappa shape index (κ1) is 19.4. The molecule has 1 fully saturated rings. The van der Waals surface area contributed by atoms with Crippen LogP contribution >= 0.6 is 11.6 Å². The second kappa shape index (κ2) is 7.28. The van der Waals surface area contributed by atoms with Crippen LogP contribution in [0.2, 0.25) is 5.02 Å². The maximum Gasteiger partial charge on any atom is 0.263 e. The first-order valence-corrected chi connectivity index (χ1v) is 10.0. The number of aryl methyl sites for hydroxylation is 2. The average Bonchev–Trinajstić information content (AvgIpc) is 3.43. The van der Waals surface area contributed by atoms with E-state index in [0.29, 0.717) is 22.1 Å². The van der Waals surface area contributed by atoms with Gasteiger partial charge in [-0.2, -0.15) is 10.1 Å². The van der Waals surface area contributed by atoms with E-state index in [-0.39, 0.29) is 18.3 Å². The van der Waals surface area contributed by atoms with Gasteiger partial charge in [0.15, 0.2) is 12.1 Å². The fourth-order valence-corrected chi connectivity index (χ4v) is 3.87. The Morgan fingerprint density at radius 3 is 2.68 bits per heavy atom. The molecule has 10 heteroatoms. The summed E-state index contributed by atoms with van der Waals surface area (Å²) in [4.78, 5) is 31.5. The molecular formula is C21H17ClN6O3. The molecule has 1 aromatic heterocycles. The van der Waals surface area contributed by atoms with Gasteiger partial charge in [-0.3, -0.25) is 14.6 Å². The van der Waals surface area contributed by atoms with Crippen LogP contribution < -0.4 is 4.90 Å². The third kappa shape index (κ3) is 3.27. The Balaban J connectivity index is 1.37. The lowest BCUT2D eigenvalue weighted by atomic mass is 10.1. The molecular weight excluding hydrogens is 420 g/mol. The van der Waals surface area contributed by atoms with Crippen LogP contribution in [0, 0.1) is 13.8 Å². The van der Waals surface area contributed by atoms with Gasteiger partial charge in [-0.25, -0.2) is 4.90 Å². The topological polar surface area (TPSA) is 104 Å². The zero-order valence-corrected chi connectivity index (χ0v) is 17.4. The number of rotatable bonds is 4. The number of hydrogen-bond donors (Lipinski definition) is 0. The summed E-state index contributed by atoms with van der Waals surface area (Å²) >= 11 is 6.02. The Morgan fingerprint density at radius 1 is 1.06 bits per heavy atom.